The summed E-state index contributed by atoms with van der Waals surface area (Å²) in [7, 11) is 1.60. The largest absolute Gasteiger partial charge is 0.497 e. The molecule has 0 saturated heterocycles. The molecule has 0 radical (unpaired) electrons. The van der Waals surface area contributed by atoms with Gasteiger partial charge >= 0.3 is 6.03 Å². The maximum absolute atomic E-state index is 12.1. The maximum atomic E-state index is 12.1. The number of amides is 3. The summed E-state index contributed by atoms with van der Waals surface area (Å²) < 4.78 is 5.08. The predicted molar refractivity (Wildman–Crippen MR) is 101 cm³/mol. The number of carbonyl (C=O) groups excluding carboxylic acids is 2. The minimum atomic E-state index is -0.316. The van der Waals surface area contributed by atoms with Gasteiger partial charge in [-0.05, 0) is 68.2 Å². The normalized spacial score (nSPS) is 24.8. The van der Waals surface area contributed by atoms with Crippen LogP contribution in [0.5, 0.6) is 5.75 Å². The number of benzene rings is 1. The van der Waals surface area contributed by atoms with Gasteiger partial charge in [-0.3, -0.25) is 4.79 Å². The Bertz CT molecular complexity index is 632. The van der Waals surface area contributed by atoms with Crippen LogP contribution in [0.1, 0.15) is 39.0 Å². The molecular formula is C20H29N3O3. The number of hydrogen-bond acceptors (Lipinski definition) is 3. The molecular weight excluding hydrogens is 330 g/mol. The van der Waals surface area contributed by atoms with Gasteiger partial charge in [-0.1, -0.05) is 6.42 Å². The summed E-state index contributed by atoms with van der Waals surface area (Å²) in [5.74, 6) is 3.04. The van der Waals surface area contributed by atoms with E-state index >= 15 is 0 Å². The summed E-state index contributed by atoms with van der Waals surface area (Å²) in [6.07, 6.45) is 5.59. The molecule has 4 unspecified atom stereocenters. The van der Waals surface area contributed by atoms with Gasteiger partial charge in [-0.25, -0.2) is 4.79 Å². The molecule has 2 aliphatic carbocycles. The topological polar surface area (TPSA) is 79.5 Å². The number of carbonyl (C=O) groups is 2. The van der Waals surface area contributed by atoms with Gasteiger partial charge in [0.25, 0.3) is 0 Å². The van der Waals surface area contributed by atoms with Gasteiger partial charge in [0.05, 0.1) is 7.11 Å². The fourth-order valence-electron chi connectivity index (χ4n) is 4.48. The molecule has 4 atom stereocenters. The van der Waals surface area contributed by atoms with E-state index in [2.05, 4.69) is 22.9 Å². The second-order valence-electron chi connectivity index (χ2n) is 7.55. The molecule has 1 aromatic carbocycles. The van der Waals surface area contributed by atoms with Crippen molar-refractivity contribution in [3.8, 4) is 5.75 Å². The Morgan fingerprint density at radius 3 is 2.58 bits per heavy atom. The molecule has 2 fully saturated rings. The van der Waals surface area contributed by atoms with E-state index in [0.29, 0.717) is 24.6 Å². The van der Waals surface area contributed by atoms with Gasteiger partial charge in [-0.15, -0.1) is 0 Å². The van der Waals surface area contributed by atoms with E-state index < -0.39 is 0 Å². The summed E-state index contributed by atoms with van der Waals surface area (Å²) in [6.45, 7) is 2.43. The third-order valence-electron chi connectivity index (χ3n) is 5.81. The van der Waals surface area contributed by atoms with Crippen LogP contribution in [0.2, 0.25) is 0 Å². The highest BCUT2D eigenvalue weighted by Crippen LogP contribution is 2.49. The van der Waals surface area contributed by atoms with Crippen LogP contribution in [-0.4, -0.2) is 31.6 Å². The van der Waals surface area contributed by atoms with E-state index in [1.807, 2.05) is 0 Å². The standard InChI is InChI=1S/C20H29N3O3/c1-13(18-12-14-3-4-15(18)11-14)22-19(24)9-10-21-20(25)23-16-5-7-17(26-2)8-6-16/h5-8,13-15,18H,3-4,9-12H2,1-2H3,(H,22,24)(H2,21,23,25). The molecule has 0 aromatic heterocycles. The molecule has 0 heterocycles. The molecule has 3 N–H and O–H groups in total. The van der Waals surface area contributed by atoms with Crippen molar-refractivity contribution >= 4 is 17.6 Å². The van der Waals surface area contributed by atoms with Crippen LogP contribution in [0.15, 0.2) is 24.3 Å². The van der Waals surface area contributed by atoms with Crippen molar-refractivity contribution in [1.82, 2.24) is 10.6 Å². The SMILES string of the molecule is COc1ccc(NC(=O)NCCC(=O)NC(C)C2CC3CCC2C3)cc1. The molecule has 2 saturated carbocycles. The quantitative estimate of drug-likeness (QED) is 0.700. The number of rotatable bonds is 7. The highest BCUT2D eigenvalue weighted by Gasteiger charge is 2.42. The van der Waals surface area contributed by atoms with Crippen molar-refractivity contribution in [2.45, 2.75) is 45.1 Å². The van der Waals surface area contributed by atoms with E-state index in [1.165, 1.54) is 25.7 Å². The number of anilines is 1. The van der Waals surface area contributed by atoms with Gasteiger partial charge in [0, 0.05) is 24.7 Å². The first-order chi connectivity index (χ1) is 12.5. The molecule has 0 aliphatic heterocycles. The third kappa shape index (κ3) is 4.68. The Morgan fingerprint density at radius 1 is 1.19 bits per heavy atom. The summed E-state index contributed by atoms with van der Waals surface area (Å²) in [5.41, 5.74) is 0.678. The van der Waals surface area contributed by atoms with Gasteiger partial charge in [0.1, 0.15) is 5.75 Å². The Balaban J connectivity index is 1.33. The minimum absolute atomic E-state index is 0.00465. The first kappa shape index (κ1) is 18.5. The van der Waals surface area contributed by atoms with E-state index in [1.54, 1.807) is 31.4 Å². The molecule has 6 heteroatoms. The van der Waals surface area contributed by atoms with Crippen LogP contribution in [0.4, 0.5) is 10.5 Å². The number of methoxy groups -OCH3 is 1. The van der Waals surface area contributed by atoms with Crippen molar-refractivity contribution in [1.29, 1.82) is 0 Å². The third-order valence-corrected chi connectivity index (χ3v) is 5.81. The van der Waals surface area contributed by atoms with Crippen LogP contribution in [0, 0.1) is 17.8 Å². The zero-order chi connectivity index (χ0) is 18.5. The first-order valence-corrected chi connectivity index (χ1v) is 9.53. The maximum Gasteiger partial charge on any atom is 0.319 e. The van der Waals surface area contributed by atoms with E-state index in [0.717, 1.165) is 17.6 Å². The van der Waals surface area contributed by atoms with Gasteiger partial charge in [0.2, 0.25) is 5.91 Å². The lowest BCUT2D eigenvalue weighted by atomic mass is 9.84. The van der Waals surface area contributed by atoms with Gasteiger partial charge < -0.3 is 20.7 Å². The van der Waals surface area contributed by atoms with E-state index in [4.69, 9.17) is 4.74 Å². The Kier molecular flexibility index (Phi) is 6.01. The fourth-order valence-corrected chi connectivity index (χ4v) is 4.48. The molecule has 26 heavy (non-hydrogen) atoms. The van der Waals surface area contributed by atoms with Crippen LogP contribution >= 0.6 is 0 Å². The number of hydrogen-bond donors (Lipinski definition) is 3. The summed E-state index contributed by atoms with van der Waals surface area (Å²) in [4.78, 5) is 24.0. The Hall–Kier alpha value is -2.24. The number of urea groups is 1. The average Bonchev–Trinajstić information content (AvgIpc) is 3.25. The number of nitrogens with one attached hydrogen (secondary N) is 3. The molecule has 0 spiro atoms. The van der Waals surface area contributed by atoms with Crippen molar-refractivity contribution in [3.05, 3.63) is 24.3 Å². The Morgan fingerprint density at radius 2 is 1.96 bits per heavy atom. The summed E-state index contributed by atoms with van der Waals surface area (Å²) in [6, 6.07) is 7.00. The minimum Gasteiger partial charge on any atom is -0.497 e. The molecule has 2 aliphatic rings. The van der Waals surface area contributed by atoms with Crippen molar-refractivity contribution in [2.75, 3.05) is 19.0 Å². The van der Waals surface area contributed by atoms with Crippen LogP contribution in [-0.2, 0) is 4.79 Å². The smallest absolute Gasteiger partial charge is 0.319 e. The zero-order valence-electron chi connectivity index (χ0n) is 15.6. The van der Waals surface area contributed by atoms with E-state index in [-0.39, 0.29) is 18.0 Å². The van der Waals surface area contributed by atoms with Gasteiger partial charge in [-0.2, -0.15) is 0 Å². The van der Waals surface area contributed by atoms with Crippen molar-refractivity contribution in [3.63, 3.8) is 0 Å². The van der Waals surface area contributed by atoms with Crippen molar-refractivity contribution in [2.24, 2.45) is 17.8 Å². The first-order valence-electron chi connectivity index (χ1n) is 9.53. The molecule has 142 valence electrons. The van der Waals surface area contributed by atoms with Crippen LogP contribution in [0.25, 0.3) is 0 Å². The number of ether oxygens (including phenoxy) is 1. The monoisotopic (exact) mass is 359 g/mol. The average molecular weight is 359 g/mol. The zero-order valence-corrected chi connectivity index (χ0v) is 15.6. The lowest BCUT2D eigenvalue weighted by molar-refractivity contribution is -0.122. The fraction of sp³-hybridized carbons (Fsp3) is 0.600. The van der Waals surface area contributed by atoms with Crippen LogP contribution < -0.4 is 20.7 Å². The number of fused-ring (bicyclic) bond motifs is 2. The highest BCUT2D eigenvalue weighted by atomic mass is 16.5. The second-order valence-corrected chi connectivity index (χ2v) is 7.55. The Labute approximate surface area is 155 Å². The molecule has 6 nitrogen and oxygen atoms in total. The molecule has 1 aromatic rings. The predicted octanol–water partition coefficient (Wildman–Crippen LogP) is 3.15. The lowest BCUT2D eigenvalue weighted by Gasteiger charge is -2.28. The molecule has 3 amide bonds. The van der Waals surface area contributed by atoms with Crippen LogP contribution in [0.3, 0.4) is 0 Å². The van der Waals surface area contributed by atoms with Crippen molar-refractivity contribution < 1.29 is 14.3 Å². The highest BCUT2D eigenvalue weighted by molar-refractivity contribution is 5.89. The lowest BCUT2D eigenvalue weighted by Crippen LogP contribution is -2.41. The van der Waals surface area contributed by atoms with Gasteiger partial charge in [0.15, 0.2) is 0 Å². The second kappa shape index (κ2) is 8.43. The summed E-state index contributed by atoms with van der Waals surface area (Å²) in [5, 5.41) is 8.57. The van der Waals surface area contributed by atoms with E-state index in [9.17, 15) is 9.59 Å². The molecule has 2 bridgehead atoms. The molecule has 3 rings (SSSR count). The summed E-state index contributed by atoms with van der Waals surface area (Å²) >= 11 is 0.